The molecule has 2 aliphatic rings. The molecule has 0 aliphatic carbocycles. The Morgan fingerprint density at radius 3 is 1.72 bits per heavy atom. The molecule has 0 spiro atoms. The van der Waals surface area contributed by atoms with Crippen LogP contribution in [-0.4, -0.2) is 61.6 Å². The third kappa shape index (κ3) is 23.8. The zero-order valence-corrected chi connectivity index (χ0v) is 34.3. The van der Waals surface area contributed by atoms with Crippen molar-refractivity contribution in [2.45, 2.75) is 200 Å². The maximum Gasteiger partial charge on any atom is 0.305 e. The van der Waals surface area contributed by atoms with E-state index < -0.39 is 0 Å². The normalized spacial score (nSPS) is 23.2. The topological polar surface area (TPSA) is 84.9 Å². The van der Waals surface area contributed by atoms with Gasteiger partial charge in [-0.1, -0.05) is 115 Å². The molecule has 7 nitrogen and oxygen atoms in total. The van der Waals surface area contributed by atoms with Crippen molar-refractivity contribution in [1.29, 1.82) is 0 Å². The number of likely N-dealkylation sites (tertiary alicyclic amines) is 1. The van der Waals surface area contributed by atoms with Crippen molar-refractivity contribution in [1.82, 2.24) is 10.2 Å². The Morgan fingerprint density at radius 1 is 0.698 bits per heavy atom. The van der Waals surface area contributed by atoms with Crippen molar-refractivity contribution < 1.29 is 23.9 Å². The van der Waals surface area contributed by atoms with Crippen LogP contribution in [0.4, 0.5) is 0 Å². The van der Waals surface area contributed by atoms with E-state index in [9.17, 15) is 14.4 Å². The Balaban J connectivity index is 2.02. The van der Waals surface area contributed by atoms with Crippen LogP contribution in [0.15, 0.2) is 29.3 Å². The molecule has 0 aromatic rings. The number of amides is 1. The summed E-state index contributed by atoms with van der Waals surface area (Å²) < 4.78 is 11.6. The zero-order chi connectivity index (χ0) is 38.2. The minimum Gasteiger partial charge on any atom is -0.466 e. The van der Waals surface area contributed by atoms with Gasteiger partial charge in [0.05, 0.1) is 13.2 Å². The first-order valence-corrected chi connectivity index (χ1v) is 22.2. The van der Waals surface area contributed by atoms with E-state index in [0.717, 1.165) is 154 Å². The van der Waals surface area contributed by atoms with Crippen LogP contribution in [0.3, 0.4) is 0 Å². The van der Waals surface area contributed by atoms with Gasteiger partial charge in [-0.25, -0.2) is 0 Å². The summed E-state index contributed by atoms with van der Waals surface area (Å²) in [6.07, 6.45) is 27.8. The van der Waals surface area contributed by atoms with Gasteiger partial charge in [-0.2, -0.15) is 0 Å². The van der Waals surface area contributed by atoms with E-state index in [1.807, 2.05) is 0 Å². The number of allylic oxidation sites excluding steroid dienone is 1. The molecule has 2 heterocycles. The third-order valence-electron chi connectivity index (χ3n) is 11.3. The third-order valence-corrected chi connectivity index (χ3v) is 11.3. The smallest absolute Gasteiger partial charge is 0.305 e. The number of carbonyl (C=O) groups excluding carboxylic acids is 3. The van der Waals surface area contributed by atoms with Crippen molar-refractivity contribution in [3.05, 3.63) is 29.3 Å². The fraction of sp³-hybridized carbons (Fsp3) is 0.826. The average Bonchev–Trinajstić information content (AvgIpc) is 3.67. The summed E-state index contributed by atoms with van der Waals surface area (Å²) in [6.45, 7) is 12.4. The summed E-state index contributed by atoms with van der Waals surface area (Å²) in [6, 6.07) is 0.230. The molecular weight excluding hydrogens is 661 g/mol. The Labute approximate surface area is 324 Å². The number of nitrogens with zero attached hydrogens (tertiary/aromatic N) is 1. The average molecular weight is 739 g/mol. The predicted molar refractivity (Wildman–Crippen MR) is 218 cm³/mol. The maximum atomic E-state index is 12.9. The van der Waals surface area contributed by atoms with Gasteiger partial charge in [-0.3, -0.25) is 14.4 Å². The van der Waals surface area contributed by atoms with E-state index >= 15 is 0 Å². The highest BCUT2D eigenvalue weighted by atomic mass is 16.5. The lowest BCUT2D eigenvalue weighted by Gasteiger charge is -2.26. The van der Waals surface area contributed by atoms with Crippen LogP contribution in [0.25, 0.3) is 0 Å². The van der Waals surface area contributed by atoms with Crippen LogP contribution < -0.4 is 5.32 Å². The molecule has 0 aromatic heterocycles. The Bertz CT molecular complexity index is 1060. The van der Waals surface area contributed by atoms with Crippen molar-refractivity contribution in [3.63, 3.8) is 0 Å². The summed E-state index contributed by atoms with van der Waals surface area (Å²) in [5, 5.41) is 3.38. The van der Waals surface area contributed by atoms with E-state index in [1.165, 1.54) is 31.5 Å². The minimum absolute atomic E-state index is 0.107. The summed E-state index contributed by atoms with van der Waals surface area (Å²) in [4.78, 5) is 40.9. The second kappa shape index (κ2) is 31.8. The highest BCUT2D eigenvalue weighted by Gasteiger charge is 2.24. The number of ether oxygens (including phenoxy) is 2. The molecular formula is C46H78N2O5. The summed E-state index contributed by atoms with van der Waals surface area (Å²) in [7, 11) is 0. The standard InChI is InChI=1S/C46H78N2O5/c1-4-7-16-25-40-33-38-52-45(50)31-20-14-10-12-18-27-42(47-44(49)30-24-37-48-35-22-23-36-48)28-19-13-11-15-21-32-46(51)53-39-34-41(26-17-8-5-2)43(40)29-9-6-3/h40-42H,3-5,7-8,10-28,30-39H2,1-2H3,(H,47,49). The van der Waals surface area contributed by atoms with Gasteiger partial charge in [0, 0.05) is 25.3 Å². The number of nitrogens with one attached hydrogen (secondary N) is 1. The predicted octanol–water partition coefficient (Wildman–Crippen LogP) is 11.1. The van der Waals surface area contributed by atoms with Gasteiger partial charge in [-0.05, 0) is 120 Å². The van der Waals surface area contributed by atoms with Crippen LogP contribution in [0.2, 0.25) is 0 Å². The first kappa shape index (κ1) is 46.6. The van der Waals surface area contributed by atoms with Crippen molar-refractivity contribution >= 4 is 17.8 Å². The quantitative estimate of drug-likeness (QED) is 0.115. The minimum atomic E-state index is -0.107. The van der Waals surface area contributed by atoms with Crippen molar-refractivity contribution in [2.24, 2.45) is 11.8 Å². The van der Waals surface area contributed by atoms with Gasteiger partial charge in [0.2, 0.25) is 5.91 Å². The molecule has 0 saturated carbocycles. The van der Waals surface area contributed by atoms with Crippen LogP contribution in [0.1, 0.15) is 194 Å². The fourth-order valence-electron chi connectivity index (χ4n) is 8.06. The van der Waals surface area contributed by atoms with E-state index in [-0.39, 0.29) is 35.7 Å². The Hall–Kier alpha value is -2.55. The van der Waals surface area contributed by atoms with Gasteiger partial charge in [0.1, 0.15) is 0 Å². The zero-order valence-electron chi connectivity index (χ0n) is 34.3. The first-order chi connectivity index (χ1) is 26.0. The monoisotopic (exact) mass is 739 g/mol. The largest absolute Gasteiger partial charge is 0.466 e. The summed E-state index contributed by atoms with van der Waals surface area (Å²) >= 11 is 0. The number of cyclic esters (lactones) is 2. The summed E-state index contributed by atoms with van der Waals surface area (Å²) in [5.74, 6) is 0.427. The molecule has 0 aromatic carbocycles. The molecule has 302 valence electrons. The lowest BCUT2D eigenvalue weighted by Crippen LogP contribution is -2.35. The number of carbonyl (C=O) groups is 3. The fourth-order valence-corrected chi connectivity index (χ4v) is 8.06. The summed E-state index contributed by atoms with van der Waals surface area (Å²) in [5.41, 5.74) is 10.4. The molecule has 2 fully saturated rings. The molecule has 2 atom stereocenters. The molecule has 7 heteroatoms. The van der Waals surface area contributed by atoms with Gasteiger partial charge in [-0.15, -0.1) is 0 Å². The Kier molecular flexibility index (Phi) is 27.9. The first-order valence-electron chi connectivity index (χ1n) is 22.2. The van der Waals surface area contributed by atoms with E-state index in [1.54, 1.807) is 0 Å². The number of hydrogen-bond acceptors (Lipinski definition) is 6. The molecule has 2 aliphatic heterocycles. The van der Waals surface area contributed by atoms with Gasteiger partial charge < -0.3 is 19.7 Å². The molecule has 53 heavy (non-hydrogen) atoms. The molecule has 0 bridgehead atoms. The van der Waals surface area contributed by atoms with Gasteiger partial charge >= 0.3 is 11.9 Å². The highest BCUT2D eigenvalue weighted by Crippen LogP contribution is 2.33. The van der Waals surface area contributed by atoms with Crippen LogP contribution in [0, 0.1) is 11.8 Å². The molecule has 1 amide bonds. The molecule has 2 rings (SSSR count). The van der Waals surface area contributed by atoms with Gasteiger partial charge in [0.15, 0.2) is 0 Å². The lowest BCUT2D eigenvalue weighted by molar-refractivity contribution is -0.144. The van der Waals surface area contributed by atoms with E-state index in [4.69, 9.17) is 9.47 Å². The van der Waals surface area contributed by atoms with Crippen molar-refractivity contribution in [2.75, 3.05) is 32.8 Å². The second-order valence-electron chi connectivity index (χ2n) is 15.8. The Morgan fingerprint density at radius 2 is 1.21 bits per heavy atom. The van der Waals surface area contributed by atoms with Crippen LogP contribution >= 0.6 is 0 Å². The highest BCUT2D eigenvalue weighted by molar-refractivity contribution is 5.76. The maximum absolute atomic E-state index is 12.9. The van der Waals surface area contributed by atoms with Crippen LogP contribution in [0.5, 0.6) is 0 Å². The number of unbranched alkanes of at least 4 members (excludes halogenated alkanes) is 4. The number of hydrogen-bond donors (Lipinski definition) is 1. The molecule has 2 saturated heterocycles. The van der Waals surface area contributed by atoms with E-state index in [2.05, 4.69) is 47.8 Å². The molecule has 1 N–H and O–H groups in total. The van der Waals surface area contributed by atoms with Gasteiger partial charge in [0.25, 0.3) is 0 Å². The second-order valence-corrected chi connectivity index (χ2v) is 15.8. The van der Waals surface area contributed by atoms with Crippen LogP contribution in [-0.2, 0) is 23.9 Å². The molecule has 2 unspecified atom stereocenters. The lowest BCUT2D eigenvalue weighted by atomic mass is 9.79. The SMILES string of the molecule is C=C=C=C=C1C(CCCCC)CCOC(=O)CCCCCCCC(NC(=O)CCCN2CCCC2)CCCCCCCC(=O)OCCC1CCCCC. The van der Waals surface area contributed by atoms with E-state index in [0.29, 0.717) is 32.5 Å². The molecule has 0 radical (unpaired) electrons. The van der Waals surface area contributed by atoms with Crippen molar-refractivity contribution in [3.8, 4) is 0 Å². The number of rotatable bonds is 13. The number of esters is 2.